The lowest BCUT2D eigenvalue weighted by atomic mass is 10.1. The summed E-state index contributed by atoms with van der Waals surface area (Å²) in [6, 6.07) is 6.66. The van der Waals surface area contributed by atoms with Crippen molar-refractivity contribution in [3.05, 3.63) is 29.8 Å². The molecule has 0 atom stereocenters. The summed E-state index contributed by atoms with van der Waals surface area (Å²) >= 11 is 0. The zero-order chi connectivity index (χ0) is 14.7. The van der Waals surface area contributed by atoms with Crippen molar-refractivity contribution in [3.63, 3.8) is 0 Å². The summed E-state index contributed by atoms with van der Waals surface area (Å²) in [5.41, 5.74) is 5.39. The topological polar surface area (TPSA) is 83.6 Å². The Kier molecular flexibility index (Phi) is 5.09. The van der Waals surface area contributed by atoms with E-state index in [4.69, 9.17) is 5.73 Å². The molecule has 6 heteroatoms. The van der Waals surface area contributed by atoms with Gasteiger partial charge in [0.05, 0.1) is 10.5 Å². The molecule has 0 aliphatic carbocycles. The van der Waals surface area contributed by atoms with Gasteiger partial charge in [0.2, 0.25) is 10.0 Å². The maximum atomic E-state index is 12.3. The van der Waals surface area contributed by atoms with Crippen LogP contribution >= 0.6 is 0 Å². The van der Waals surface area contributed by atoms with Crippen molar-refractivity contribution in [3.8, 4) is 0 Å². The van der Waals surface area contributed by atoms with Gasteiger partial charge in [0.25, 0.3) is 0 Å². The van der Waals surface area contributed by atoms with E-state index in [1.54, 1.807) is 38.1 Å². The van der Waals surface area contributed by atoms with Crippen LogP contribution in [0.5, 0.6) is 0 Å². The summed E-state index contributed by atoms with van der Waals surface area (Å²) < 4.78 is 25.7. The molecule has 3 N–H and O–H groups in total. The molecule has 19 heavy (non-hydrogen) atoms. The molecule has 0 radical (unpaired) electrons. The molecule has 5 nitrogen and oxygen atoms in total. The fourth-order valence-electron chi connectivity index (χ4n) is 1.80. The van der Waals surface area contributed by atoms with Gasteiger partial charge >= 0.3 is 0 Å². The summed E-state index contributed by atoms with van der Waals surface area (Å²) in [5.74, 6) is 0. The van der Waals surface area contributed by atoms with Gasteiger partial charge in [-0.2, -0.15) is 4.31 Å². The molecular formula is C13H22N2O3S. The Morgan fingerprint density at radius 3 is 2.21 bits per heavy atom. The molecule has 0 saturated heterocycles. The second-order valence-electron chi connectivity index (χ2n) is 5.26. The lowest BCUT2D eigenvalue weighted by molar-refractivity contribution is 0.0640. The quantitative estimate of drug-likeness (QED) is 0.801. The van der Waals surface area contributed by atoms with Crippen molar-refractivity contribution in [2.24, 2.45) is 5.73 Å². The van der Waals surface area contributed by atoms with Crippen molar-refractivity contribution in [1.82, 2.24) is 4.31 Å². The number of hydrogen-bond donors (Lipinski definition) is 2. The van der Waals surface area contributed by atoms with Crippen molar-refractivity contribution in [1.29, 1.82) is 0 Å². The highest BCUT2D eigenvalue weighted by Gasteiger charge is 2.26. The highest BCUT2D eigenvalue weighted by Crippen LogP contribution is 2.17. The minimum Gasteiger partial charge on any atom is -0.389 e. The van der Waals surface area contributed by atoms with Gasteiger partial charge in [-0.25, -0.2) is 8.42 Å². The first-order chi connectivity index (χ1) is 8.66. The number of rotatable bonds is 6. The second kappa shape index (κ2) is 6.00. The third kappa shape index (κ3) is 4.58. The highest BCUT2D eigenvalue weighted by molar-refractivity contribution is 7.89. The van der Waals surface area contributed by atoms with Gasteiger partial charge in [-0.05, 0) is 44.5 Å². The van der Waals surface area contributed by atoms with Gasteiger partial charge in [-0.3, -0.25) is 0 Å². The molecule has 0 aliphatic rings. The average Bonchev–Trinajstić information content (AvgIpc) is 2.28. The Balaban J connectivity index is 2.93. The van der Waals surface area contributed by atoms with Crippen LogP contribution < -0.4 is 5.73 Å². The fourth-order valence-corrected chi connectivity index (χ4v) is 3.13. The molecule has 0 spiro atoms. The number of hydrogen-bond acceptors (Lipinski definition) is 4. The predicted molar refractivity (Wildman–Crippen MR) is 75.3 cm³/mol. The highest BCUT2D eigenvalue weighted by atomic mass is 32.2. The van der Waals surface area contributed by atoms with Crippen LogP contribution in [-0.4, -0.2) is 43.6 Å². The average molecular weight is 286 g/mol. The molecule has 0 aliphatic heterocycles. The first kappa shape index (κ1) is 16.1. The largest absolute Gasteiger partial charge is 0.389 e. The third-order valence-corrected chi connectivity index (χ3v) is 4.49. The number of benzene rings is 1. The van der Waals surface area contributed by atoms with Crippen LogP contribution in [0.4, 0.5) is 0 Å². The number of aliphatic hydroxyl groups is 1. The van der Waals surface area contributed by atoms with E-state index in [1.165, 1.54) is 7.05 Å². The van der Waals surface area contributed by atoms with E-state index in [1.807, 2.05) is 0 Å². The number of nitrogens with zero attached hydrogens (tertiary/aromatic N) is 1. The predicted octanol–water partition coefficient (Wildman–Crippen LogP) is 0.579. The lowest BCUT2D eigenvalue weighted by Gasteiger charge is -2.25. The van der Waals surface area contributed by atoms with Crippen LogP contribution in [0.25, 0.3) is 0 Å². The second-order valence-corrected chi connectivity index (χ2v) is 7.30. The summed E-state index contributed by atoms with van der Waals surface area (Å²) in [6.07, 6.45) is 0.722. The fraction of sp³-hybridized carbons (Fsp3) is 0.538. The standard InChI is InChI=1S/C13H22N2O3S/c1-13(2,16)10-15(3)19(17,18)12-6-4-11(5-7-12)8-9-14/h4-7,16H,8-10,14H2,1-3H3. The van der Waals surface area contributed by atoms with Crippen molar-refractivity contribution in [2.45, 2.75) is 30.8 Å². The molecule has 0 heterocycles. The summed E-state index contributed by atoms with van der Waals surface area (Å²) in [6.45, 7) is 3.72. The normalized spacial score (nSPS) is 12.9. The minimum atomic E-state index is -3.56. The molecule has 1 rings (SSSR count). The number of likely N-dealkylation sites (N-methyl/N-ethyl adjacent to an activating group) is 1. The third-order valence-electron chi connectivity index (χ3n) is 2.67. The van der Waals surface area contributed by atoms with Gasteiger partial charge in [-0.1, -0.05) is 12.1 Å². The summed E-state index contributed by atoms with van der Waals surface area (Å²) in [4.78, 5) is 0.222. The monoisotopic (exact) mass is 286 g/mol. The minimum absolute atomic E-state index is 0.0416. The van der Waals surface area contributed by atoms with Crippen LogP contribution in [0.2, 0.25) is 0 Å². The zero-order valence-electron chi connectivity index (χ0n) is 11.6. The van der Waals surface area contributed by atoms with E-state index >= 15 is 0 Å². The Labute approximate surface area is 115 Å². The van der Waals surface area contributed by atoms with Crippen LogP contribution in [-0.2, 0) is 16.4 Å². The number of sulfonamides is 1. The van der Waals surface area contributed by atoms with Gasteiger partial charge in [0.15, 0.2) is 0 Å². The lowest BCUT2D eigenvalue weighted by Crippen LogP contribution is -2.39. The van der Waals surface area contributed by atoms with Crippen molar-refractivity contribution < 1.29 is 13.5 Å². The Morgan fingerprint density at radius 2 is 1.79 bits per heavy atom. The molecule has 0 amide bonds. The Morgan fingerprint density at radius 1 is 1.26 bits per heavy atom. The summed E-state index contributed by atoms with van der Waals surface area (Å²) in [7, 11) is -2.10. The van der Waals surface area contributed by atoms with Gasteiger partial charge in [-0.15, -0.1) is 0 Å². The molecule has 0 unspecified atom stereocenters. The van der Waals surface area contributed by atoms with Gasteiger partial charge in [0, 0.05) is 13.6 Å². The molecule has 0 saturated carbocycles. The first-order valence-corrected chi connectivity index (χ1v) is 7.58. The maximum Gasteiger partial charge on any atom is 0.242 e. The van der Waals surface area contributed by atoms with Gasteiger partial charge < -0.3 is 10.8 Å². The molecule has 0 bridgehead atoms. The van der Waals surface area contributed by atoms with Crippen LogP contribution in [0.1, 0.15) is 19.4 Å². The van der Waals surface area contributed by atoms with E-state index in [0.29, 0.717) is 6.54 Å². The molecule has 0 fully saturated rings. The summed E-state index contributed by atoms with van der Waals surface area (Å²) in [5, 5.41) is 9.69. The Bertz CT molecular complexity index is 504. The smallest absolute Gasteiger partial charge is 0.242 e. The molecule has 108 valence electrons. The van der Waals surface area contributed by atoms with Crippen molar-refractivity contribution in [2.75, 3.05) is 20.1 Å². The van der Waals surface area contributed by atoms with Gasteiger partial charge in [0.1, 0.15) is 0 Å². The van der Waals surface area contributed by atoms with Crippen LogP contribution in [0, 0.1) is 0 Å². The van der Waals surface area contributed by atoms with E-state index in [9.17, 15) is 13.5 Å². The molecule has 1 aromatic rings. The maximum absolute atomic E-state index is 12.3. The van der Waals surface area contributed by atoms with Crippen LogP contribution in [0.15, 0.2) is 29.2 Å². The van der Waals surface area contributed by atoms with E-state index in [-0.39, 0.29) is 11.4 Å². The van der Waals surface area contributed by atoms with Crippen LogP contribution in [0.3, 0.4) is 0 Å². The number of nitrogens with two attached hydrogens (primary N) is 1. The SMILES string of the molecule is CN(CC(C)(C)O)S(=O)(=O)c1ccc(CCN)cc1. The molecule has 1 aromatic carbocycles. The van der Waals surface area contributed by atoms with E-state index in [0.717, 1.165) is 16.3 Å². The Hall–Kier alpha value is -0.950. The van der Waals surface area contributed by atoms with E-state index in [2.05, 4.69) is 0 Å². The first-order valence-electron chi connectivity index (χ1n) is 6.14. The van der Waals surface area contributed by atoms with Crippen molar-refractivity contribution >= 4 is 10.0 Å². The molecular weight excluding hydrogens is 264 g/mol. The van der Waals surface area contributed by atoms with E-state index < -0.39 is 15.6 Å². The molecule has 0 aromatic heterocycles. The zero-order valence-corrected chi connectivity index (χ0v) is 12.4.